The molecule has 0 radical (unpaired) electrons. The molecule has 7 nitrogen and oxygen atoms in total. The zero-order valence-corrected chi connectivity index (χ0v) is 17.6. The van der Waals surface area contributed by atoms with Crippen molar-refractivity contribution >= 4 is 17.7 Å². The molecule has 2 fully saturated rings. The number of nitrogens with one attached hydrogen (secondary N) is 2. The molecule has 0 bridgehead atoms. The lowest BCUT2D eigenvalue weighted by Crippen LogP contribution is -2.51. The molecule has 32 heavy (non-hydrogen) atoms. The predicted molar refractivity (Wildman–Crippen MR) is 122 cm³/mol. The van der Waals surface area contributed by atoms with Gasteiger partial charge in [-0.1, -0.05) is 18.2 Å². The van der Waals surface area contributed by atoms with Gasteiger partial charge in [-0.05, 0) is 54.8 Å². The van der Waals surface area contributed by atoms with Crippen molar-refractivity contribution in [3.8, 4) is 11.4 Å². The minimum absolute atomic E-state index is 0.0157. The van der Waals surface area contributed by atoms with Gasteiger partial charge in [-0.3, -0.25) is 5.41 Å². The summed E-state index contributed by atoms with van der Waals surface area (Å²) in [5.41, 5.74) is 2.47. The summed E-state index contributed by atoms with van der Waals surface area (Å²) in [7, 11) is 0. The molecule has 2 saturated heterocycles. The van der Waals surface area contributed by atoms with E-state index in [1.54, 1.807) is 30.5 Å². The molecule has 0 aliphatic carbocycles. The van der Waals surface area contributed by atoms with E-state index >= 15 is 0 Å². The number of H-pyrrole nitrogens is 1. The Bertz CT molecular complexity index is 1150. The molecule has 3 N–H and O–H groups in total. The SMILES string of the molecule is N=C(C=Cc1ncc(-c2cccc(N3CC(O)C3)n2)[nH]1)N1CCCC1c1cccc(F)c1. The van der Waals surface area contributed by atoms with Crippen molar-refractivity contribution in [2.45, 2.75) is 25.0 Å². The fourth-order valence-electron chi connectivity index (χ4n) is 4.31. The first kappa shape index (κ1) is 20.4. The van der Waals surface area contributed by atoms with Crippen LogP contribution >= 0.6 is 0 Å². The molecule has 3 aromatic rings. The van der Waals surface area contributed by atoms with Gasteiger partial charge in [0.05, 0.1) is 29.7 Å². The molecule has 1 aromatic carbocycles. The first-order valence-electron chi connectivity index (χ1n) is 10.8. The summed E-state index contributed by atoms with van der Waals surface area (Å²) < 4.78 is 13.7. The molecular formula is C24H25FN6O. The summed E-state index contributed by atoms with van der Waals surface area (Å²) in [6, 6.07) is 12.4. The maximum atomic E-state index is 13.7. The smallest absolute Gasteiger partial charge is 0.130 e. The van der Waals surface area contributed by atoms with Crippen LogP contribution in [0.1, 0.15) is 30.3 Å². The maximum absolute atomic E-state index is 13.7. The molecule has 164 valence electrons. The number of hydrogen-bond acceptors (Lipinski definition) is 5. The summed E-state index contributed by atoms with van der Waals surface area (Å²) >= 11 is 0. The summed E-state index contributed by atoms with van der Waals surface area (Å²) in [5, 5.41) is 18.0. The second kappa shape index (κ2) is 8.55. The molecule has 2 aromatic heterocycles. The molecule has 1 atom stereocenters. The monoisotopic (exact) mass is 432 g/mol. The Morgan fingerprint density at radius 2 is 2.06 bits per heavy atom. The summed E-state index contributed by atoms with van der Waals surface area (Å²) in [5.74, 6) is 1.60. The number of halogens is 1. The van der Waals surface area contributed by atoms with Crippen LogP contribution in [0.25, 0.3) is 17.5 Å². The highest BCUT2D eigenvalue weighted by Crippen LogP contribution is 2.32. The van der Waals surface area contributed by atoms with E-state index in [1.165, 1.54) is 6.07 Å². The van der Waals surface area contributed by atoms with E-state index in [-0.39, 0.29) is 18.0 Å². The van der Waals surface area contributed by atoms with Crippen LogP contribution in [-0.4, -0.2) is 56.5 Å². The number of hydrogen-bond donors (Lipinski definition) is 3. The van der Waals surface area contributed by atoms with Gasteiger partial charge in [0.15, 0.2) is 0 Å². The van der Waals surface area contributed by atoms with Crippen molar-refractivity contribution in [3.05, 3.63) is 71.9 Å². The van der Waals surface area contributed by atoms with Crippen LogP contribution in [0.3, 0.4) is 0 Å². The maximum Gasteiger partial charge on any atom is 0.130 e. The van der Waals surface area contributed by atoms with Gasteiger partial charge in [0.25, 0.3) is 0 Å². The lowest BCUT2D eigenvalue weighted by Gasteiger charge is -2.36. The molecule has 1 unspecified atom stereocenters. The fourth-order valence-corrected chi connectivity index (χ4v) is 4.31. The topological polar surface area (TPSA) is 92.1 Å². The summed E-state index contributed by atoms with van der Waals surface area (Å²) in [4.78, 5) is 16.3. The van der Waals surface area contributed by atoms with Crippen molar-refractivity contribution in [1.82, 2.24) is 19.9 Å². The number of benzene rings is 1. The average Bonchev–Trinajstić information content (AvgIpc) is 3.45. The van der Waals surface area contributed by atoms with Crippen LogP contribution < -0.4 is 4.90 Å². The summed E-state index contributed by atoms with van der Waals surface area (Å²) in [6.45, 7) is 1.97. The standard InChI is InChI=1S/C24H25FN6O/c25-17-5-1-4-16(12-17)21-7-3-11-31(21)22(26)9-10-23-27-13-20(28-23)19-6-2-8-24(29-19)30-14-18(32)15-30/h1-2,4-6,8-10,12-13,18,21,26,32H,3,7,11,14-15H2,(H,27,28). The molecule has 0 amide bonds. The number of aliphatic hydroxyl groups is 1. The van der Waals surface area contributed by atoms with Crippen LogP contribution in [0.5, 0.6) is 0 Å². The fraction of sp³-hybridized carbons (Fsp3) is 0.292. The van der Waals surface area contributed by atoms with Gasteiger partial charge in [-0.2, -0.15) is 0 Å². The lowest BCUT2D eigenvalue weighted by molar-refractivity contribution is 0.141. The van der Waals surface area contributed by atoms with Crippen molar-refractivity contribution in [2.24, 2.45) is 0 Å². The van der Waals surface area contributed by atoms with Crippen LogP contribution in [0.15, 0.2) is 54.7 Å². The number of nitrogens with zero attached hydrogens (tertiary/aromatic N) is 4. The van der Waals surface area contributed by atoms with Crippen LogP contribution in [0.2, 0.25) is 0 Å². The van der Waals surface area contributed by atoms with Crippen LogP contribution in [0.4, 0.5) is 10.2 Å². The Labute approximate surface area is 185 Å². The number of aliphatic hydroxyl groups excluding tert-OH is 1. The van der Waals surface area contributed by atoms with Crippen molar-refractivity contribution in [2.75, 3.05) is 24.5 Å². The van der Waals surface area contributed by atoms with Crippen molar-refractivity contribution in [3.63, 3.8) is 0 Å². The first-order chi connectivity index (χ1) is 15.6. The Kier molecular flexibility index (Phi) is 5.45. The zero-order chi connectivity index (χ0) is 22.1. The molecule has 5 rings (SSSR count). The van der Waals surface area contributed by atoms with Crippen LogP contribution in [0, 0.1) is 11.2 Å². The van der Waals surface area contributed by atoms with Crippen molar-refractivity contribution in [1.29, 1.82) is 5.41 Å². The third kappa shape index (κ3) is 4.13. The third-order valence-electron chi connectivity index (χ3n) is 5.99. The van der Waals surface area contributed by atoms with Gasteiger partial charge < -0.3 is 19.9 Å². The Morgan fingerprint density at radius 1 is 1.22 bits per heavy atom. The van der Waals surface area contributed by atoms with E-state index in [0.717, 1.165) is 42.2 Å². The van der Waals surface area contributed by atoms with E-state index in [0.29, 0.717) is 24.7 Å². The first-order valence-corrected chi connectivity index (χ1v) is 10.8. The van der Waals surface area contributed by atoms with Gasteiger partial charge in [-0.25, -0.2) is 14.4 Å². The molecule has 2 aliphatic rings. The van der Waals surface area contributed by atoms with Gasteiger partial charge in [-0.15, -0.1) is 0 Å². The third-order valence-corrected chi connectivity index (χ3v) is 5.99. The van der Waals surface area contributed by atoms with Gasteiger partial charge >= 0.3 is 0 Å². The molecule has 8 heteroatoms. The molecular weight excluding hydrogens is 407 g/mol. The Hall–Kier alpha value is -3.52. The van der Waals surface area contributed by atoms with E-state index in [4.69, 9.17) is 5.41 Å². The van der Waals surface area contributed by atoms with E-state index in [2.05, 4.69) is 15.0 Å². The normalized spacial score (nSPS) is 19.0. The quantitative estimate of drug-likeness (QED) is 0.423. The summed E-state index contributed by atoms with van der Waals surface area (Å²) in [6.07, 6.45) is 6.83. The Morgan fingerprint density at radius 3 is 2.88 bits per heavy atom. The highest BCUT2D eigenvalue weighted by Gasteiger charge is 2.27. The second-order valence-corrected chi connectivity index (χ2v) is 8.25. The number of anilines is 1. The van der Waals surface area contributed by atoms with E-state index in [9.17, 15) is 9.50 Å². The number of aromatic amines is 1. The highest BCUT2D eigenvalue weighted by molar-refractivity contribution is 5.94. The Balaban J connectivity index is 1.28. The number of rotatable bonds is 5. The van der Waals surface area contributed by atoms with E-state index < -0.39 is 0 Å². The second-order valence-electron chi connectivity index (χ2n) is 8.25. The predicted octanol–water partition coefficient (Wildman–Crippen LogP) is 3.62. The number of pyridine rings is 1. The average molecular weight is 433 g/mol. The number of aromatic nitrogens is 3. The molecule has 2 aliphatic heterocycles. The lowest BCUT2D eigenvalue weighted by atomic mass is 10.0. The van der Waals surface area contributed by atoms with Gasteiger partial charge in [0, 0.05) is 19.6 Å². The zero-order valence-electron chi connectivity index (χ0n) is 17.6. The van der Waals surface area contributed by atoms with Gasteiger partial charge in [0.1, 0.15) is 23.3 Å². The van der Waals surface area contributed by atoms with Crippen molar-refractivity contribution < 1.29 is 9.50 Å². The number of likely N-dealkylation sites (tertiary alicyclic amines) is 1. The minimum atomic E-state index is -0.282. The van der Waals surface area contributed by atoms with Gasteiger partial charge in [0.2, 0.25) is 0 Å². The number of imidazole rings is 1. The van der Waals surface area contributed by atoms with E-state index in [1.807, 2.05) is 34.1 Å². The highest BCUT2D eigenvalue weighted by atomic mass is 19.1. The minimum Gasteiger partial charge on any atom is -0.389 e. The molecule has 4 heterocycles. The molecule has 0 spiro atoms. The largest absolute Gasteiger partial charge is 0.389 e. The number of amidine groups is 1. The number of β-amino-alcohol motifs (C(OH)–C–C–N with tert-alkyl or cyclic N) is 1. The van der Waals surface area contributed by atoms with Crippen LogP contribution in [-0.2, 0) is 0 Å². The molecule has 0 saturated carbocycles.